The zero-order chi connectivity index (χ0) is 12.0. The molecule has 4 heteroatoms. The summed E-state index contributed by atoms with van der Waals surface area (Å²) in [5.74, 6) is 0. The molecular weight excluding hydrogens is 250 g/mol. The fraction of sp³-hybridized carbons (Fsp3) is 0.417. The summed E-state index contributed by atoms with van der Waals surface area (Å²) in [5.41, 5.74) is 1.05. The van der Waals surface area contributed by atoms with Crippen LogP contribution in [0.4, 0.5) is 5.69 Å². The van der Waals surface area contributed by atoms with Gasteiger partial charge in [-0.05, 0) is 23.8 Å². The van der Waals surface area contributed by atoms with E-state index in [1.807, 2.05) is 42.1 Å². The Hall–Kier alpha value is -0.193. The standard InChI is InChI=1S/C12H19NS2Si/c1-14-12(15-10-16(2,3)4)13-11-8-6-5-7-9-11/h5-9H,10H2,1-4H3. The second kappa shape index (κ2) is 6.52. The zero-order valence-electron chi connectivity index (χ0n) is 10.4. The summed E-state index contributed by atoms with van der Waals surface area (Å²) in [6.45, 7) is 7.17. The fourth-order valence-corrected chi connectivity index (χ4v) is 4.62. The molecule has 16 heavy (non-hydrogen) atoms. The molecule has 0 saturated carbocycles. The average molecular weight is 270 g/mol. The first-order chi connectivity index (χ1) is 7.51. The van der Waals surface area contributed by atoms with Gasteiger partial charge in [0, 0.05) is 0 Å². The molecule has 0 aromatic heterocycles. The van der Waals surface area contributed by atoms with Crippen LogP contribution in [0.25, 0.3) is 0 Å². The van der Waals surface area contributed by atoms with Crippen LogP contribution in [0.1, 0.15) is 0 Å². The van der Waals surface area contributed by atoms with Gasteiger partial charge in [-0.25, -0.2) is 4.99 Å². The normalized spacial score (nSPS) is 12.9. The Bertz CT molecular complexity index is 344. The molecule has 0 bridgehead atoms. The van der Waals surface area contributed by atoms with Crippen LogP contribution in [0, 0.1) is 0 Å². The Kier molecular flexibility index (Phi) is 5.65. The van der Waals surface area contributed by atoms with Gasteiger partial charge in [0.15, 0.2) is 0 Å². The zero-order valence-corrected chi connectivity index (χ0v) is 13.0. The monoisotopic (exact) mass is 269 g/mol. The maximum absolute atomic E-state index is 4.64. The molecular formula is C12H19NS2Si. The lowest BCUT2D eigenvalue weighted by molar-refractivity contribution is 1.55. The quantitative estimate of drug-likeness (QED) is 0.450. The highest BCUT2D eigenvalue weighted by Gasteiger charge is 2.14. The van der Waals surface area contributed by atoms with Crippen molar-refractivity contribution in [3.05, 3.63) is 30.3 Å². The van der Waals surface area contributed by atoms with Crippen molar-refractivity contribution in [3.8, 4) is 0 Å². The molecule has 0 aliphatic carbocycles. The minimum Gasteiger partial charge on any atom is -0.235 e. The van der Waals surface area contributed by atoms with E-state index in [-0.39, 0.29) is 0 Å². The lowest BCUT2D eigenvalue weighted by Gasteiger charge is -2.14. The van der Waals surface area contributed by atoms with Crippen molar-refractivity contribution < 1.29 is 0 Å². The highest BCUT2D eigenvalue weighted by atomic mass is 32.2. The average Bonchev–Trinajstić information content (AvgIpc) is 2.24. The van der Waals surface area contributed by atoms with Crippen LogP contribution in [-0.4, -0.2) is 24.1 Å². The molecule has 1 rings (SSSR count). The molecule has 0 aliphatic heterocycles. The van der Waals surface area contributed by atoms with Crippen LogP contribution < -0.4 is 0 Å². The van der Waals surface area contributed by atoms with E-state index in [4.69, 9.17) is 0 Å². The first-order valence-corrected chi connectivity index (χ1v) is 11.2. The lowest BCUT2D eigenvalue weighted by atomic mass is 10.3. The topological polar surface area (TPSA) is 12.4 Å². The van der Waals surface area contributed by atoms with Crippen LogP contribution in [0.2, 0.25) is 19.6 Å². The molecule has 0 fully saturated rings. The fourth-order valence-electron chi connectivity index (χ4n) is 1.02. The van der Waals surface area contributed by atoms with Gasteiger partial charge in [-0.2, -0.15) is 0 Å². The molecule has 1 nitrogen and oxygen atoms in total. The van der Waals surface area contributed by atoms with Crippen molar-refractivity contribution >= 4 is 41.7 Å². The van der Waals surface area contributed by atoms with Crippen molar-refractivity contribution in [2.75, 3.05) is 11.6 Å². The van der Waals surface area contributed by atoms with E-state index in [1.165, 1.54) is 9.75 Å². The minimum absolute atomic E-state index is 0.985. The first-order valence-electron chi connectivity index (χ1n) is 5.32. The van der Waals surface area contributed by atoms with E-state index in [0.29, 0.717) is 0 Å². The molecule has 0 amide bonds. The maximum atomic E-state index is 4.64. The number of aliphatic imine (C=N–C) groups is 1. The molecule has 0 aliphatic rings. The molecule has 88 valence electrons. The smallest absolute Gasteiger partial charge is 0.129 e. The lowest BCUT2D eigenvalue weighted by Crippen LogP contribution is -2.24. The molecule has 0 spiro atoms. The number of hydrogen-bond acceptors (Lipinski definition) is 3. The van der Waals surface area contributed by atoms with Crippen molar-refractivity contribution in [3.63, 3.8) is 0 Å². The Morgan fingerprint density at radius 3 is 2.31 bits per heavy atom. The first kappa shape index (κ1) is 13.9. The summed E-state index contributed by atoms with van der Waals surface area (Å²) >= 11 is 3.64. The molecule has 0 unspecified atom stereocenters. The highest BCUT2D eigenvalue weighted by Crippen LogP contribution is 2.23. The third-order valence-electron chi connectivity index (χ3n) is 1.78. The Morgan fingerprint density at radius 2 is 1.81 bits per heavy atom. The van der Waals surface area contributed by atoms with Gasteiger partial charge >= 0.3 is 0 Å². The van der Waals surface area contributed by atoms with E-state index in [0.717, 1.165) is 5.69 Å². The highest BCUT2D eigenvalue weighted by molar-refractivity contribution is 8.39. The molecule has 0 saturated heterocycles. The van der Waals surface area contributed by atoms with E-state index in [2.05, 4.69) is 30.9 Å². The van der Waals surface area contributed by atoms with E-state index >= 15 is 0 Å². The van der Waals surface area contributed by atoms with E-state index in [9.17, 15) is 0 Å². The third kappa shape index (κ3) is 5.77. The maximum Gasteiger partial charge on any atom is 0.129 e. The molecule has 1 aromatic rings. The molecule has 0 radical (unpaired) electrons. The summed E-state index contributed by atoms with van der Waals surface area (Å²) in [6.07, 6.45) is 2.10. The van der Waals surface area contributed by atoms with Crippen LogP contribution in [-0.2, 0) is 0 Å². The van der Waals surface area contributed by atoms with Crippen molar-refractivity contribution in [1.82, 2.24) is 0 Å². The van der Waals surface area contributed by atoms with E-state index in [1.54, 1.807) is 11.8 Å². The van der Waals surface area contributed by atoms with E-state index < -0.39 is 8.07 Å². The molecule has 1 aromatic carbocycles. The summed E-state index contributed by atoms with van der Waals surface area (Å²) < 4.78 is 1.17. The Morgan fingerprint density at radius 1 is 1.19 bits per heavy atom. The predicted octanol–water partition coefficient (Wildman–Crippen LogP) is 4.65. The van der Waals surface area contributed by atoms with Gasteiger partial charge in [0.05, 0.1) is 13.8 Å². The largest absolute Gasteiger partial charge is 0.235 e. The number of para-hydroxylation sites is 1. The van der Waals surface area contributed by atoms with Gasteiger partial charge in [-0.15, -0.1) is 23.5 Å². The van der Waals surface area contributed by atoms with Gasteiger partial charge in [-0.3, -0.25) is 0 Å². The van der Waals surface area contributed by atoms with Crippen molar-refractivity contribution in [2.45, 2.75) is 19.6 Å². The van der Waals surface area contributed by atoms with Crippen LogP contribution >= 0.6 is 23.5 Å². The van der Waals surface area contributed by atoms with Crippen molar-refractivity contribution in [2.24, 2.45) is 4.99 Å². The Balaban J connectivity index is 2.64. The van der Waals surface area contributed by atoms with Gasteiger partial charge in [0.25, 0.3) is 0 Å². The SMILES string of the molecule is CSC(=Nc1ccccc1)SC[Si](C)(C)C. The number of hydrogen-bond donors (Lipinski definition) is 0. The summed E-state index contributed by atoms with van der Waals surface area (Å²) in [4.78, 5) is 4.64. The number of benzene rings is 1. The van der Waals surface area contributed by atoms with Crippen LogP contribution in [0.5, 0.6) is 0 Å². The second-order valence-corrected chi connectivity index (χ2v) is 12.8. The van der Waals surface area contributed by atoms with Gasteiger partial charge in [0.2, 0.25) is 0 Å². The third-order valence-corrected chi connectivity index (χ3v) is 7.45. The molecule has 0 heterocycles. The minimum atomic E-state index is -0.985. The van der Waals surface area contributed by atoms with Crippen LogP contribution in [0.15, 0.2) is 35.3 Å². The van der Waals surface area contributed by atoms with Crippen molar-refractivity contribution in [1.29, 1.82) is 0 Å². The van der Waals surface area contributed by atoms with Gasteiger partial charge in [0.1, 0.15) is 4.38 Å². The van der Waals surface area contributed by atoms with Gasteiger partial charge in [-0.1, -0.05) is 37.8 Å². The van der Waals surface area contributed by atoms with Crippen LogP contribution in [0.3, 0.4) is 0 Å². The predicted molar refractivity (Wildman–Crippen MR) is 82.9 cm³/mol. The number of nitrogens with zero attached hydrogens (tertiary/aromatic N) is 1. The number of thioether (sulfide) groups is 2. The summed E-state index contributed by atoms with van der Waals surface area (Å²) in [7, 11) is -0.985. The molecule has 0 atom stereocenters. The Labute approximate surface area is 108 Å². The van der Waals surface area contributed by atoms with Gasteiger partial charge < -0.3 is 0 Å². The summed E-state index contributed by atoms with van der Waals surface area (Å²) in [6, 6.07) is 10.2. The summed E-state index contributed by atoms with van der Waals surface area (Å²) in [5, 5.41) is 1.24. The number of rotatable bonds is 3. The second-order valence-electron chi connectivity index (χ2n) is 4.77. The molecule has 0 N–H and O–H groups in total.